The van der Waals surface area contributed by atoms with Crippen molar-refractivity contribution in [1.82, 2.24) is 4.98 Å². The minimum absolute atomic E-state index is 0.383. The lowest BCUT2D eigenvalue weighted by Crippen LogP contribution is -2.18. The van der Waals surface area contributed by atoms with Gasteiger partial charge in [0, 0.05) is 13.2 Å². The molecule has 2 rings (SSSR count). The monoisotopic (exact) mass is 222 g/mol. The molecule has 0 bridgehead atoms. The lowest BCUT2D eigenvalue weighted by molar-refractivity contribution is 0.108. The highest BCUT2D eigenvalue weighted by molar-refractivity contribution is 5.45. The lowest BCUT2D eigenvalue weighted by atomic mass is 10.2. The summed E-state index contributed by atoms with van der Waals surface area (Å²) in [6.07, 6.45) is 3.66. The van der Waals surface area contributed by atoms with Crippen LogP contribution in [-0.4, -0.2) is 24.2 Å². The van der Waals surface area contributed by atoms with Crippen LogP contribution in [0.3, 0.4) is 0 Å². The summed E-state index contributed by atoms with van der Waals surface area (Å²) >= 11 is 0. The van der Waals surface area contributed by atoms with Crippen molar-refractivity contribution in [3.05, 3.63) is 18.2 Å². The number of nitrogen functional groups attached to an aromatic ring is 1. The Balaban J connectivity index is 1.94. The molecule has 1 aliphatic carbocycles. The fourth-order valence-corrected chi connectivity index (χ4v) is 2.09. The van der Waals surface area contributed by atoms with Crippen LogP contribution < -0.4 is 16.6 Å². The molecule has 1 aromatic rings. The minimum Gasteiger partial charge on any atom is -0.381 e. The van der Waals surface area contributed by atoms with Crippen LogP contribution in [-0.2, 0) is 4.74 Å². The largest absolute Gasteiger partial charge is 0.381 e. The van der Waals surface area contributed by atoms with Gasteiger partial charge in [-0.05, 0) is 31.4 Å². The second-order valence-electron chi connectivity index (χ2n) is 4.06. The quantitative estimate of drug-likeness (QED) is 0.530. The van der Waals surface area contributed by atoms with Gasteiger partial charge in [0.05, 0.1) is 6.10 Å². The molecule has 0 amide bonds. The summed E-state index contributed by atoms with van der Waals surface area (Å²) in [5.41, 5.74) is 2.54. The Kier molecular flexibility index (Phi) is 3.58. The van der Waals surface area contributed by atoms with Gasteiger partial charge in [-0.2, -0.15) is 0 Å². The standard InChI is InChI=1S/C11H18N4O/c1-16-9-6-5-8(7-9)13-10-3-2-4-11(14-10)15-12/h2-4,8-9H,5-7,12H2,1H3,(H2,13,14,15). The van der Waals surface area contributed by atoms with Gasteiger partial charge in [-0.3, -0.25) is 0 Å². The van der Waals surface area contributed by atoms with E-state index in [-0.39, 0.29) is 0 Å². The molecule has 0 saturated heterocycles. The number of aromatic nitrogens is 1. The van der Waals surface area contributed by atoms with E-state index in [1.54, 1.807) is 7.11 Å². The number of ether oxygens (including phenoxy) is 1. The molecule has 1 saturated carbocycles. The molecule has 1 aromatic heterocycles. The molecular weight excluding hydrogens is 204 g/mol. The van der Waals surface area contributed by atoms with Gasteiger partial charge in [0.15, 0.2) is 0 Å². The number of anilines is 2. The van der Waals surface area contributed by atoms with Gasteiger partial charge in [0.1, 0.15) is 11.6 Å². The van der Waals surface area contributed by atoms with Crippen molar-refractivity contribution in [2.45, 2.75) is 31.4 Å². The van der Waals surface area contributed by atoms with Crippen molar-refractivity contribution in [2.75, 3.05) is 17.9 Å². The average molecular weight is 222 g/mol. The first-order valence-corrected chi connectivity index (χ1v) is 5.55. The van der Waals surface area contributed by atoms with Crippen LogP contribution in [0.1, 0.15) is 19.3 Å². The third-order valence-electron chi connectivity index (χ3n) is 2.97. The van der Waals surface area contributed by atoms with E-state index in [0.29, 0.717) is 18.0 Å². The predicted molar refractivity (Wildman–Crippen MR) is 64.1 cm³/mol. The van der Waals surface area contributed by atoms with Crippen molar-refractivity contribution in [1.29, 1.82) is 0 Å². The Hall–Kier alpha value is -1.33. The first-order chi connectivity index (χ1) is 7.81. The van der Waals surface area contributed by atoms with Gasteiger partial charge in [-0.25, -0.2) is 10.8 Å². The van der Waals surface area contributed by atoms with E-state index < -0.39 is 0 Å². The van der Waals surface area contributed by atoms with Crippen molar-refractivity contribution < 1.29 is 4.74 Å². The van der Waals surface area contributed by atoms with Gasteiger partial charge < -0.3 is 15.5 Å². The van der Waals surface area contributed by atoms with E-state index in [0.717, 1.165) is 25.1 Å². The minimum atomic E-state index is 0.383. The summed E-state index contributed by atoms with van der Waals surface area (Å²) in [6, 6.07) is 6.15. The van der Waals surface area contributed by atoms with Crippen LogP contribution in [0.5, 0.6) is 0 Å². The second-order valence-corrected chi connectivity index (χ2v) is 4.06. The molecule has 5 nitrogen and oxygen atoms in total. The molecule has 1 aliphatic rings. The fraction of sp³-hybridized carbons (Fsp3) is 0.545. The fourth-order valence-electron chi connectivity index (χ4n) is 2.09. The van der Waals surface area contributed by atoms with Gasteiger partial charge in [-0.15, -0.1) is 0 Å². The molecule has 1 fully saturated rings. The molecular formula is C11H18N4O. The van der Waals surface area contributed by atoms with E-state index in [9.17, 15) is 0 Å². The third-order valence-corrected chi connectivity index (χ3v) is 2.97. The van der Waals surface area contributed by atoms with Crippen molar-refractivity contribution in [3.8, 4) is 0 Å². The molecule has 1 heterocycles. The molecule has 16 heavy (non-hydrogen) atoms. The first kappa shape index (κ1) is 11.2. The number of nitrogens with two attached hydrogens (primary N) is 1. The number of pyridine rings is 1. The van der Waals surface area contributed by atoms with Crippen molar-refractivity contribution >= 4 is 11.6 Å². The van der Waals surface area contributed by atoms with Crippen molar-refractivity contribution in [2.24, 2.45) is 5.84 Å². The van der Waals surface area contributed by atoms with Crippen LogP contribution in [0.15, 0.2) is 18.2 Å². The number of hydrazine groups is 1. The van der Waals surface area contributed by atoms with Crippen LogP contribution >= 0.6 is 0 Å². The Labute approximate surface area is 95.4 Å². The zero-order valence-electron chi connectivity index (χ0n) is 9.44. The molecule has 0 aliphatic heterocycles. The van der Waals surface area contributed by atoms with E-state index >= 15 is 0 Å². The highest BCUT2D eigenvalue weighted by Crippen LogP contribution is 2.24. The number of nitrogens with zero attached hydrogens (tertiary/aromatic N) is 1. The van der Waals surface area contributed by atoms with E-state index in [1.165, 1.54) is 0 Å². The highest BCUT2D eigenvalue weighted by atomic mass is 16.5. The molecule has 2 atom stereocenters. The topological polar surface area (TPSA) is 72.2 Å². The molecule has 5 heteroatoms. The van der Waals surface area contributed by atoms with E-state index in [2.05, 4.69) is 15.7 Å². The maximum atomic E-state index is 5.33. The number of hydrogen-bond acceptors (Lipinski definition) is 5. The zero-order chi connectivity index (χ0) is 11.4. The maximum absolute atomic E-state index is 5.33. The number of nitrogens with one attached hydrogen (secondary N) is 2. The summed E-state index contributed by atoms with van der Waals surface area (Å²) in [7, 11) is 1.77. The van der Waals surface area contributed by atoms with Gasteiger partial charge in [0.25, 0.3) is 0 Å². The third kappa shape index (κ3) is 2.62. The SMILES string of the molecule is COC1CCC(Nc2cccc(NN)n2)C1. The second kappa shape index (κ2) is 5.14. The molecule has 0 spiro atoms. The molecule has 4 N–H and O–H groups in total. The predicted octanol–water partition coefficient (Wildman–Crippen LogP) is 1.35. The number of rotatable bonds is 4. The molecule has 0 aromatic carbocycles. The zero-order valence-corrected chi connectivity index (χ0v) is 9.44. The summed E-state index contributed by atoms with van der Waals surface area (Å²) in [5.74, 6) is 6.84. The maximum Gasteiger partial charge on any atom is 0.142 e. The molecule has 88 valence electrons. The highest BCUT2D eigenvalue weighted by Gasteiger charge is 2.24. The van der Waals surface area contributed by atoms with Crippen LogP contribution in [0.2, 0.25) is 0 Å². The summed E-state index contributed by atoms with van der Waals surface area (Å²) < 4.78 is 5.33. The van der Waals surface area contributed by atoms with Crippen LogP contribution in [0.4, 0.5) is 11.6 Å². The first-order valence-electron chi connectivity index (χ1n) is 5.55. The Morgan fingerprint density at radius 3 is 2.88 bits per heavy atom. The van der Waals surface area contributed by atoms with Crippen molar-refractivity contribution in [3.63, 3.8) is 0 Å². The number of methoxy groups -OCH3 is 1. The van der Waals surface area contributed by atoms with Gasteiger partial charge in [0.2, 0.25) is 0 Å². The summed E-state index contributed by atoms with van der Waals surface area (Å²) in [5, 5.41) is 3.39. The van der Waals surface area contributed by atoms with Gasteiger partial charge >= 0.3 is 0 Å². The average Bonchev–Trinajstić information content (AvgIpc) is 2.77. The molecule has 0 radical (unpaired) electrons. The molecule has 2 unspecified atom stereocenters. The normalized spacial score (nSPS) is 24.4. The van der Waals surface area contributed by atoms with E-state index in [1.807, 2.05) is 18.2 Å². The Morgan fingerprint density at radius 1 is 1.38 bits per heavy atom. The smallest absolute Gasteiger partial charge is 0.142 e. The lowest BCUT2D eigenvalue weighted by Gasteiger charge is -2.14. The Bertz CT molecular complexity index is 345. The van der Waals surface area contributed by atoms with E-state index in [4.69, 9.17) is 10.6 Å². The van der Waals surface area contributed by atoms with Crippen LogP contribution in [0.25, 0.3) is 0 Å². The summed E-state index contributed by atoms with van der Waals surface area (Å²) in [4.78, 5) is 4.32. The Morgan fingerprint density at radius 2 is 2.19 bits per heavy atom. The van der Waals surface area contributed by atoms with Gasteiger partial charge in [-0.1, -0.05) is 6.07 Å². The van der Waals surface area contributed by atoms with Crippen LogP contribution in [0, 0.1) is 0 Å². The summed E-state index contributed by atoms with van der Waals surface area (Å²) in [6.45, 7) is 0. The number of hydrogen-bond donors (Lipinski definition) is 3.